The van der Waals surface area contributed by atoms with Crippen LogP contribution in [0.3, 0.4) is 0 Å². The lowest BCUT2D eigenvalue weighted by molar-refractivity contribution is -0.135. The van der Waals surface area contributed by atoms with E-state index in [4.69, 9.17) is 9.47 Å². The number of rotatable bonds is 9. The van der Waals surface area contributed by atoms with Crippen molar-refractivity contribution in [2.24, 2.45) is 0 Å². The molecule has 188 valence electrons. The topological polar surface area (TPSA) is 59.1 Å². The standard InChI is InChI=1S/C29H32N2O4S/c1-5-14-30(29(33)22-7-9-23(34-4)10-8-22)18-28(32)31-15-12-27-24(13-16-36-27)25(31)19-35-26-11-6-20(2)17-21(26)3/h5-11,13,16-17,25H,1,12,14-15,18-19H2,2-4H3/t25-/m1/s1. The number of amides is 2. The number of hydrogen-bond acceptors (Lipinski definition) is 5. The number of methoxy groups -OCH3 is 1. The Balaban J connectivity index is 1.52. The van der Waals surface area contributed by atoms with E-state index < -0.39 is 0 Å². The highest BCUT2D eigenvalue weighted by atomic mass is 32.1. The molecule has 0 saturated carbocycles. The van der Waals surface area contributed by atoms with Gasteiger partial charge in [0.2, 0.25) is 5.91 Å². The van der Waals surface area contributed by atoms with Crippen LogP contribution in [0.5, 0.6) is 11.5 Å². The molecule has 0 spiro atoms. The molecule has 1 atom stereocenters. The third-order valence-electron chi connectivity index (χ3n) is 6.44. The van der Waals surface area contributed by atoms with Gasteiger partial charge in [0.05, 0.1) is 13.2 Å². The van der Waals surface area contributed by atoms with Crippen molar-refractivity contribution < 1.29 is 19.1 Å². The molecule has 6 nitrogen and oxygen atoms in total. The molecule has 2 heterocycles. The summed E-state index contributed by atoms with van der Waals surface area (Å²) in [6.45, 7) is 9.05. The summed E-state index contributed by atoms with van der Waals surface area (Å²) < 4.78 is 11.4. The van der Waals surface area contributed by atoms with E-state index in [1.165, 1.54) is 15.3 Å². The number of carbonyl (C=O) groups excluding carboxylic acids is 2. The van der Waals surface area contributed by atoms with Gasteiger partial charge in [0.25, 0.3) is 5.91 Å². The quantitative estimate of drug-likeness (QED) is 0.376. The van der Waals surface area contributed by atoms with Gasteiger partial charge in [-0.3, -0.25) is 9.59 Å². The molecule has 1 aromatic heterocycles. The van der Waals surface area contributed by atoms with Gasteiger partial charge in [-0.1, -0.05) is 23.8 Å². The Morgan fingerprint density at radius 3 is 2.64 bits per heavy atom. The van der Waals surface area contributed by atoms with Gasteiger partial charge in [0.1, 0.15) is 24.7 Å². The van der Waals surface area contributed by atoms with Crippen molar-refractivity contribution in [3.8, 4) is 11.5 Å². The fourth-order valence-electron chi connectivity index (χ4n) is 4.55. The van der Waals surface area contributed by atoms with E-state index in [1.807, 2.05) is 24.0 Å². The molecule has 3 aromatic rings. The minimum Gasteiger partial charge on any atom is -0.497 e. The van der Waals surface area contributed by atoms with Crippen LogP contribution in [0, 0.1) is 13.8 Å². The number of fused-ring (bicyclic) bond motifs is 1. The molecule has 0 saturated heterocycles. The molecule has 0 aliphatic carbocycles. The molecular weight excluding hydrogens is 472 g/mol. The first-order chi connectivity index (χ1) is 17.4. The van der Waals surface area contributed by atoms with Gasteiger partial charge in [0.15, 0.2) is 0 Å². The highest BCUT2D eigenvalue weighted by Gasteiger charge is 2.33. The minimum atomic E-state index is -0.220. The summed E-state index contributed by atoms with van der Waals surface area (Å²) in [5, 5.41) is 2.07. The van der Waals surface area contributed by atoms with Crippen molar-refractivity contribution in [2.75, 3.05) is 33.4 Å². The second-order valence-electron chi connectivity index (χ2n) is 8.93. The van der Waals surface area contributed by atoms with Crippen LogP contribution in [0.15, 0.2) is 66.6 Å². The van der Waals surface area contributed by atoms with Crippen molar-refractivity contribution in [1.82, 2.24) is 9.80 Å². The zero-order valence-corrected chi connectivity index (χ0v) is 21.8. The second-order valence-corrected chi connectivity index (χ2v) is 9.94. The average molecular weight is 505 g/mol. The SMILES string of the molecule is C=CCN(CC(=O)N1CCc2sccc2[C@H]1COc1ccc(C)cc1C)C(=O)c1ccc(OC)cc1. The normalized spacial score (nSPS) is 14.6. The Labute approximate surface area is 216 Å². The average Bonchev–Trinajstić information content (AvgIpc) is 3.36. The smallest absolute Gasteiger partial charge is 0.254 e. The van der Waals surface area contributed by atoms with Gasteiger partial charge in [-0.15, -0.1) is 17.9 Å². The molecule has 1 aliphatic rings. The molecule has 2 amide bonds. The van der Waals surface area contributed by atoms with Crippen molar-refractivity contribution in [3.63, 3.8) is 0 Å². The summed E-state index contributed by atoms with van der Waals surface area (Å²) in [6, 6.07) is 14.9. The van der Waals surface area contributed by atoms with E-state index in [2.05, 4.69) is 31.0 Å². The number of ether oxygens (including phenoxy) is 2. The Morgan fingerprint density at radius 1 is 1.17 bits per heavy atom. The highest BCUT2D eigenvalue weighted by molar-refractivity contribution is 7.10. The van der Waals surface area contributed by atoms with Gasteiger partial charge in [0, 0.05) is 23.5 Å². The molecule has 2 aromatic carbocycles. The molecule has 0 bridgehead atoms. The summed E-state index contributed by atoms with van der Waals surface area (Å²) in [4.78, 5) is 31.5. The van der Waals surface area contributed by atoms with Crippen molar-refractivity contribution in [1.29, 1.82) is 0 Å². The molecule has 7 heteroatoms. The zero-order chi connectivity index (χ0) is 25.7. The Morgan fingerprint density at radius 2 is 1.94 bits per heavy atom. The first-order valence-corrected chi connectivity index (χ1v) is 12.9. The Kier molecular flexibility index (Phi) is 8.10. The largest absolute Gasteiger partial charge is 0.497 e. The lowest BCUT2D eigenvalue weighted by Gasteiger charge is -2.37. The van der Waals surface area contributed by atoms with Gasteiger partial charge >= 0.3 is 0 Å². The fraction of sp³-hybridized carbons (Fsp3) is 0.310. The fourth-order valence-corrected chi connectivity index (χ4v) is 5.48. The van der Waals surface area contributed by atoms with Gasteiger partial charge in [-0.25, -0.2) is 0 Å². The number of aryl methyl sites for hydroxylation is 2. The summed E-state index contributed by atoms with van der Waals surface area (Å²) in [7, 11) is 1.58. The lowest BCUT2D eigenvalue weighted by Crippen LogP contribution is -2.47. The van der Waals surface area contributed by atoms with E-state index in [0.717, 1.165) is 23.3 Å². The number of nitrogens with zero attached hydrogens (tertiary/aromatic N) is 2. The first kappa shape index (κ1) is 25.5. The summed E-state index contributed by atoms with van der Waals surface area (Å²) >= 11 is 1.72. The van der Waals surface area contributed by atoms with E-state index in [9.17, 15) is 9.59 Å². The van der Waals surface area contributed by atoms with Crippen molar-refractivity contribution in [3.05, 3.63) is 93.7 Å². The Hall–Kier alpha value is -3.58. The monoisotopic (exact) mass is 504 g/mol. The van der Waals surface area contributed by atoms with Crippen LogP contribution < -0.4 is 9.47 Å². The predicted octanol–water partition coefficient (Wildman–Crippen LogP) is 5.21. The van der Waals surface area contributed by atoms with Crippen LogP contribution in [-0.2, 0) is 11.2 Å². The van der Waals surface area contributed by atoms with E-state index in [-0.39, 0.29) is 30.9 Å². The van der Waals surface area contributed by atoms with Crippen LogP contribution in [0.25, 0.3) is 0 Å². The molecule has 0 fully saturated rings. The maximum Gasteiger partial charge on any atom is 0.254 e. The van der Waals surface area contributed by atoms with E-state index in [0.29, 0.717) is 24.5 Å². The minimum absolute atomic E-state index is 0.0313. The summed E-state index contributed by atoms with van der Waals surface area (Å²) in [6.07, 6.45) is 2.44. The summed E-state index contributed by atoms with van der Waals surface area (Å²) in [5.41, 5.74) is 3.87. The third kappa shape index (κ3) is 5.62. The lowest BCUT2D eigenvalue weighted by atomic mass is 10.00. The molecule has 0 N–H and O–H groups in total. The van der Waals surface area contributed by atoms with Crippen LogP contribution >= 0.6 is 11.3 Å². The number of hydrogen-bond donors (Lipinski definition) is 0. The second kappa shape index (κ2) is 11.4. The number of benzene rings is 2. The van der Waals surface area contributed by atoms with Gasteiger partial charge < -0.3 is 19.3 Å². The molecular formula is C29H32N2O4S. The van der Waals surface area contributed by atoms with Crippen LogP contribution in [0.4, 0.5) is 0 Å². The molecule has 36 heavy (non-hydrogen) atoms. The molecule has 1 aliphatic heterocycles. The third-order valence-corrected chi connectivity index (χ3v) is 7.44. The van der Waals surface area contributed by atoms with Crippen molar-refractivity contribution in [2.45, 2.75) is 26.3 Å². The van der Waals surface area contributed by atoms with Gasteiger partial charge in [-0.05, 0) is 73.2 Å². The van der Waals surface area contributed by atoms with Crippen LogP contribution in [-0.4, -0.2) is 55.0 Å². The highest BCUT2D eigenvalue weighted by Crippen LogP contribution is 2.34. The Bertz CT molecular complexity index is 1230. The van der Waals surface area contributed by atoms with E-state index >= 15 is 0 Å². The molecule has 0 radical (unpaired) electrons. The predicted molar refractivity (Wildman–Crippen MR) is 143 cm³/mol. The van der Waals surface area contributed by atoms with Crippen LogP contribution in [0.1, 0.15) is 38.0 Å². The first-order valence-electron chi connectivity index (χ1n) is 12.0. The van der Waals surface area contributed by atoms with Crippen molar-refractivity contribution >= 4 is 23.2 Å². The van der Waals surface area contributed by atoms with E-state index in [1.54, 1.807) is 48.8 Å². The van der Waals surface area contributed by atoms with Gasteiger partial charge in [-0.2, -0.15) is 0 Å². The molecule has 0 unspecified atom stereocenters. The summed E-state index contributed by atoms with van der Waals surface area (Å²) in [5.74, 6) is 1.16. The maximum atomic E-state index is 13.6. The zero-order valence-electron chi connectivity index (χ0n) is 21.0. The maximum absolute atomic E-state index is 13.6. The molecule has 4 rings (SSSR count). The number of carbonyl (C=O) groups is 2. The number of thiophene rings is 1. The van der Waals surface area contributed by atoms with Crippen LogP contribution in [0.2, 0.25) is 0 Å².